The number of hydrogen-bond donors (Lipinski definition) is 1. The molecule has 0 saturated heterocycles. The lowest BCUT2D eigenvalue weighted by molar-refractivity contribution is -0.117. The van der Waals surface area contributed by atoms with Crippen LogP contribution < -0.4 is 5.32 Å². The summed E-state index contributed by atoms with van der Waals surface area (Å²) >= 11 is 5.72. The third-order valence-electron chi connectivity index (χ3n) is 1.99. The van der Waals surface area contributed by atoms with Gasteiger partial charge in [0.1, 0.15) is 5.82 Å². The average Bonchev–Trinajstić information content (AvgIpc) is 2.22. The summed E-state index contributed by atoms with van der Waals surface area (Å²) in [5, 5.41) is 2.96. The van der Waals surface area contributed by atoms with E-state index in [9.17, 15) is 9.18 Å². The van der Waals surface area contributed by atoms with E-state index >= 15 is 0 Å². The molecule has 15 heavy (non-hydrogen) atoms. The molecule has 4 heteroatoms. The second-order valence-corrected chi connectivity index (χ2v) is 3.59. The number of carbonyl (C=O) groups excluding carboxylic acids is 1. The summed E-state index contributed by atoms with van der Waals surface area (Å²) in [5.41, 5.74) is 0.541. The Hall–Kier alpha value is -0.930. The van der Waals surface area contributed by atoms with Crippen LogP contribution >= 0.6 is 11.6 Å². The number of halogens is 2. The van der Waals surface area contributed by atoms with Gasteiger partial charge in [0.15, 0.2) is 5.78 Å². The van der Waals surface area contributed by atoms with Crippen LogP contribution in [0.15, 0.2) is 18.2 Å². The van der Waals surface area contributed by atoms with Crippen LogP contribution in [0.2, 0.25) is 5.02 Å². The smallest absolute Gasteiger partial charge is 0.151 e. The third-order valence-corrected chi connectivity index (χ3v) is 2.41. The molecule has 0 bridgehead atoms. The van der Waals surface area contributed by atoms with E-state index in [2.05, 4.69) is 5.32 Å². The predicted octanol–water partition coefficient (Wildman–Crippen LogP) is 2.20. The van der Waals surface area contributed by atoms with E-state index < -0.39 is 5.82 Å². The van der Waals surface area contributed by atoms with Crippen LogP contribution in [0.3, 0.4) is 0 Å². The van der Waals surface area contributed by atoms with Crippen LogP contribution in [0.25, 0.3) is 0 Å². The highest BCUT2D eigenvalue weighted by atomic mass is 35.5. The number of likely N-dealkylation sites (N-methyl/N-ethyl adjacent to an activating group) is 1. The van der Waals surface area contributed by atoms with Gasteiger partial charge in [-0.15, -0.1) is 0 Å². The largest absolute Gasteiger partial charge is 0.310 e. The molecule has 0 atom stereocenters. The predicted molar refractivity (Wildman–Crippen MR) is 58.7 cm³/mol. The highest BCUT2D eigenvalue weighted by molar-refractivity contribution is 6.31. The summed E-state index contributed by atoms with van der Waals surface area (Å²) < 4.78 is 13.0. The van der Waals surface area contributed by atoms with Crippen molar-refractivity contribution in [2.45, 2.75) is 13.3 Å². The van der Waals surface area contributed by atoms with Gasteiger partial charge in [0.25, 0.3) is 0 Å². The zero-order chi connectivity index (χ0) is 11.3. The number of nitrogens with one attached hydrogen (secondary N) is 1. The molecule has 0 heterocycles. The van der Waals surface area contributed by atoms with Crippen molar-refractivity contribution in [2.24, 2.45) is 0 Å². The van der Waals surface area contributed by atoms with E-state index in [4.69, 9.17) is 11.6 Å². The normalized spacial score (nSPS) is 10.3. The van der Waals surface area contributed by atoms with Gasteiger partial charge >= 0.3 is 0 Å². The Kier molecular flexibility index (Phi) is 4.72. The van der Waals surface area contributed by atoms with Gasteiger partial charge < -0.3 is 5.32 Å². The first-order valence-corrected chi connectivity index (χ1v) is 5.18. The Morgan fingerprint density at radius 1 is 1.53 bits per heavy atom. The lowest BCUT2D eigenvalue weighted by Crippen LogP contribution is -2.23. The van der Waals surface area contributed by atoms with Crippen molar-refractivity contribution in [3.05, 3.63) is 34.6 Å². The van der Waals surface area contributed by atoms with Gasteiger partial charge in [-0.3, -0.25) is 4.79 Å². The molecule has 0 aliphatic rings. The summed E-state index contributed by atoms with van der Waals surface area (Å²) in [6, 6.07) is 4.49. The number of ketones is 1. The Morgan fingerprint density at radius 2 is 2.27 bits per heavy atom. The Morgan fingerprint density at radius 3 is 2.93 bits per heavy atom. The van der Waals surface area contributed by atoms with Gasteiger partial charge in [-0.2, -0.15) is 0 Å². The van der Waals surface area contributed by atoms with Crippen LogP contribution in [0, 0.1) is 5.82 Å². The maximum Gasteiger partial charge on any atom is 0.151 e. The maximum atomic E-state index is 13.0. The van der Waals surface area contributed by atoms with Gasteiger partial charge in [0.05, 0.1) is 11.6 Å². The molecular formula is C11H13ClFNO. The van der Waals surface area contributed by atoms with E-state index in [0.717, 1.165) is 6.54 Å². The monoisotopic (exact) mass is 229 g/mol. The Labute approximate surface area is 93.4 Å². The molecule has 82 valence electrons. The van der Waals surface area contributed by atoms with E-state index in [-0.39, 0.29) is 17.2 Å². The molecule has 0 aromatic heterocycles. The van der Waals surface area contributed by atoms with E-state index in [1.807, 2.05) is 6.92 Å². The summed E-state index contributed by atoms with van der Waals surface area (Å²) in [5.74, 6) is -0.477. The molecule has 0 fully saturated rings. The van der Waals surface area contributed by atoms with E-state index in [1.165, 1.54) is 6.07 Å². The number of rotatable bonds is 5. The number of hydrogen-bond acceptors (Lipinski definition) is 2. The SMILES string of the molecule is CCNCC(=O)Cc1cccc(F)c1Cl. The molecule has 2 nitrogen and oxygen atoms in total. The van der Waals surface area contributed by atoms with Crippen molar-refractivity contribution in [3.8, 4) is 0 Å². The second-order valence-electron chi connectivity index (χ2n) is 3.21. The van der Waals surface area contributed by atoms with Crippen molar-refractivity contribution in [2.75, 3.05) is 13.1 Å². The molecule has 1 N–H and O–H groups in total. The molecule has 0 saturated carbocycles. The van der Waals surface area contributed by atoms with Gasteiger partial charge in [0, 0.05) is 6.42 Å². The highest BCUT2D eigenvalue weighted by Gasteiger charge is 2.09. The summed E-state index contributed by atoms with van der Waals surface area (Å²) in [6.45, 7) is 2.95. The number of benzene rings is 1. The van der Waals surface area contributed by atoms with Crippen LogP contribution in [-0.2, 0) is 11.2 Å². The Balaban J connectivity index is 2.64. The molecule has 0 aliphatic heterocycles. The van der Waals surface area contributed by atoms with E-state index in [0.29, 0.717) is 12.1 Å². The number of carbonyl (C=O) groups is 1. The van der Waals surface area contributed by atoms with Crippen molar-refractivity contribution in [3.63, 3.8) is 0 Å². The summed E-state index contributed by atoms with van der Waals surface area (Å²) in [6.07, 6.45) is 0.170. The molecule has 0 spiro atoms. The van der Waals surface area contributed by atoms with Gasteiger partial charge in [-0.1, -0.05) is 30.7 Å². The van der Waals surface area contributed by atoms with Crippen molar-refractivity contribution < 1.29 is 9.18 Å². The van der Waals surface area contributed by atoms with Gasteiger partial charge in [0.2, 0.25) is 0 Å². The fourth-order valence-corrected chi connectivity index (χ4v) is 1.42. The third kappa shape index (κ3) is 3.61. The Bertz CT molecular complexity index is 354. The first-order valence-electron chi connectivity index (χ1n) is 4.80. The molecular weight excluding hydrogens is 217 g/mol. The summed E-state index contributed by atoms with van der Waals surface area (Å²) in [4.78, 5) is 11.4. The first-order chi connectivity index (χ1) is 7.15. The van der Waals surface area contributed by atoms with Crippen LogP contribution in [0.5, 0.6) is 0 Å². The lowest BCUT2D eigenvalue weighted by Gasteiger charge is -2.04. The molecule has 0 unspecified atom stereocenters. The van der Waals surface area contributed by atoms with Gasteiger partial charge in [-0.25, -0.2) is 4.39 Å². The summed E-state index contributed by atoms with van der Waals surface area (Å²) in [7, 11) is 0. The molecule has 0 amide bonds. The zero-order valence-corrected chi connectivity index (χ0v) is 9.27. The minimum atomic E-state index is -0.481. The van der Waals surface area contributed by atoms with Gasteiger partial charge in [-0.05, 0) is 18.2 Å². The quantitative estimate of drug-likeness (QED) is 0.839. The minimum absolute atomic E-state index is 0.00403. The molecule has 1 rings (SSSR count). The van der Waals surface area contributed by atoms with Crippen molar-refractivity contribution >= 4 is 17.4 Å². The molecule has 1 aromatic rings. The van der Waals surface area contributed by atoms with Crippen LogP contribution in [-0.4, -0.2) is 18.9 Å². The standard InChI is InChI=1S/C11H13ClFNO/c1-2-14-7-9(15)6-8-4-3-5-10(13)11(8)12/h3-5,14H,2,6-7H2,1H3. The fourth-order valence-electron chi connectivity index (χ4n) is 1.22. The molecule has 0 aliphatic carbocycles. The van der Waals surface area contributed by atoms with Crippen molar-refractivity contribution in [1.29, 1.82) is 0 Å². The second kappa shape index (κ2) is 5.83. The zero-order valence-electron chi connectivity index (χ0n) is 8.52. The van der Waals surface area contributed by atoms with E-state index in [1.54, 1.807) is 12.1 Å². The first kappa shape index (κ1) is 12.1. The highest BCUT2D eigenvalue weighted by Crippen LogP contribution is 2.19. The lowest BCUT2D eigenvalue weighted by atomic mass is 10.1. The maximum absolute atomic E-state index is 13.0. The molecule has 0 radical (unpaired) electrons. The van der Waals surface area contributed by atoms with Crippen LogP contribution in [0.4, 0.5) is 4.39 Å². The van der Waals surface area contributed by atoms with Crippen LogP contribution in [0.1, 0.15) is 12.5 Å². The topological polar surface area (TPSA) is 29.1 Å². The average molecular weight is 230 g/mol. The minimum Gasteiger partial charge on any atom is -0.310 e. The fraction of sp³-hybridized carbons (Fsp3) is 0.364. The number of Topliss-reactive ketones (excluding diaryl/α,β-unsaturated/α-hetero) is 1. The van der Waals surface area contributed by atoms with Crippen molar-refractivity contribution in [1.82, 2.24) is 5.32 Å². The molecule has 1 aromatic carbocycles.